The third-order valence-electron chi connectivity index (χ3n) is 3.76. The van der Waals surface area contributed by atoms with Gasteiger partial charge in [0.25, 0.3) is 5.91 Å². The molecule has 2 aromatic carbocycles. The largest absolute Gasteiger partial charge is 0.494 e. The molecule has 0 saturated carbocycles. The molecule has 0 atom stereocenters. The second-order valence-corrected chi connectivity index (χ2v) is 5.95. The number of carbonyl (C=O) groups is 2. The van der Waals surface area contributed by atoms with Gasteiger partial charge in [-0.05, 0) is 55.9 Å². The maximum atomic E-state index is 12.2. The molecule has 6 nitrogen and oxygen atoms in total. The average Bonchev–Trinajstić information content (AvgIpc) is 2.63. The SMILES string of the molecule is CCOc1ccc(NC(=O)CN(C)Cc2ccc(C(=O)NC)cc2)cc1. The predicted molar refractivity (Wildman–Crippen MR) is 102 cm³/mol. The van der Waals surface area contributed by atoms with E-state index in [-0.39, 0.29) is 18.4 Å². The Kier molecular flexibility index (Phi) is 7.17. The van der Waals surface area contributed by atoms with Crippen molar-refractivity contribution in [2.45, 2.75) is 13.5 Å². The second-order valence-electron chi connectivity index (χ2n) is 5.95. The Bertz CT molecular complexity index is 727. The number of hydrogen-bond acceptors (Lipinski definition) is 4. The molecular weight excluding hydrogens is 330 g/mol. The van der Waals surface area contributed by atoms with Gasteiger partial charge in [-0.25, -0.2) is 0 Å². The van der Waals surface area contributed by atoms with Crippen LogP contribution in [0, 0.1) is 0 Å². The lowest BCUT2D eigenvalue weighted by molar-refractivity contribution is -0.117. The summed E-state index contributed by atoms with van der Waals surface area (Å²) in [5, 5.41) is 5.46. The van der Waals surface area contributed by atoms with Gasteiger partial charge in [0, 0.05) is 24.8 Å². The predicted octanol–water partition coefficient (Wildman–Crippen LogP) is 2.52. The van der Waals surface area contributed by atoms with Gasteiger partial charge in [0.05, 0.1) is 13.2 Å². The molecule has 0 aliphatic rings. The highest BCUT2D eigenvalue weighted by Gasteiger charge is 2.09. The number of amides is 2. The first-order valence-electron chi connectivity index (χ1n) is 8.54. The minimum absolute atomic E-state index is 0.0846. The van der Waals surface area contributed by atoms with Crippen molar-refractivity contribution in [3.63, 3.8) is 0 Å². The fraction of sp³-hybridized carbons (Fsp3) is 0.300. The molecule has 0 heterocycles. The Balaban J connectivity index is 1.83. The molecular formula is C20H25N3O3. The van der Waals surface area contributed by atoms with Crippen LogP contribution in [0.25, 0.3) is 0 Å². The fourth-order valence-electron chi connectivity index (χ4n) is 2.52. The molecule has 0 bridgehead atoms. The number of benzene rings is 2. The van der Waals surface area contributed by atoms with Gasteiger partial charge in [0.2, 0.25) is 5.91 Å². The van der Waals surface area contributed by atoms with E-state index in [9.17, 15) is 9.59 Å². The van der Waals surface area contributed by atoms with E-state index in [1.165, 1.54) is 0 Å². The average molecular weight is 355 g/mol. The first kappa shape index (κ1) is 19.5. The molecule has 2 amide bonds. The minimum atomic E-state index is -0.111. The van der Waals surface area contributed by atoms with Gasteiger partial charge >= 0.3 is 0 Å². The number of likely N-dealkylation sites (N-methyl/N-ethyl adjacent to an activating group) is 1. The molecule has 2 aromatic rings. The summed E-state index contributed by atoms with van der Waals surface area (Å²) in [5.74, 6) is 0.584. The summed E-state index contributed by atoms with van der Waals surface area (Å²) >= 11 is 0. The van der Waals surface area contributed by atoms with Gasteiger partial charge in [-0.15, -0.1) is 0 Å². The molecule has 138 valence electrons. The van der Waals surface area contributed by atoms with Crippen molar-refractivity contribution in [3.05, 3.63) is 59.7 Å². The number of nitrogens with one attached hydrogen (secondary N) is 2. The first-order chi connectivity index (χ1) is 12.5. The van der Waals surface area contributed by atoms with E-state index >= 15 is 0 Å². The second kappa shape index (κ2) is 9.58. The highest BCUT2D eigenvalue weighted by Crippen LogP contribution is 2.15. The van der Waals surface area contributed by atoms with E-state index in [2.05, 4.69) is 10.6 Å². The third kappa shape index (κ3) is 5.89. The van der Waals surface area contributed by atoms with E-state index in [1.54, 1.807) is 19.2 Å². The van der Waals surface area contributed by atoms with E-state index in [1.807, 2.05) is 55.3 Å². The molecule has 0 aromatic heterocycles. The number of hydrogen-bond donors (Lipinski definition) is 2. The van der Waals surface area contributed by atoms with Crippen molar-refractivity contribution in [1.29, 1.82) is 0 Å². The Hall–Kier alpha value is -2.86. The topological polar surface area (TPSA) is 70.7 Å². The maximum Gasteiger partial charge on any atom is 0.251 e. The molecule has 0 unspecified atom stereocenters. The highest BCUT2D eigenvalue weighted by molar-refractivity contribution is 5.94. The van der Waals surface area contributed by atoms with Crippen molar-refractivity contribution < 1.29 is 14.3 Å². The van der Waals surface area contributed by atoms with Gasteiger partial charge in [-0.2, -0.15) is 0 Å². The van der Waals surface area contributed by atoms with Gasteiger partial charge in [-0.3, -0.25) is 14.5 Å². The van der Waals surface area contributed by atoms with Crippen LogP contribution in [0.3, 0.4) is 0 Å². The van der Waals surface area contributed by atoms with Crippen LogP contribution in [0.15, 0.2) is 48.5 Å². The van der Waals surface area contributed by atoms with Crippen molar-refractivity contribution in [2.24, 2.45) is 0 Å². The first-order valence-corrected chi connectivity index (χ1v) is 8.54. The van der Waals surface area contributed by atoms with Gasteiger partial charge < -0.3 is 15.4 Å². The highest BCUT2D eigenvalue weighted by atomic mass is 16.5. The summed E-state index contributed by atoms with van der Waals surface area (Å²) < 4.78 is 5.38. The zero-order valence-electron chi connectivity index (χ0n) is 15.4. The smallest absolute Gasteiger partial charge is 0.251 e. The zero-order chi connectivity index (χ0) is 18.9. The Morgan fingerprint density at radius 2 is 1.69 bits per heavy atom. The normalized spacial score (nSPS) is 10.5. The van der Waals surface area contributed by atoms with Crippen LogP contribution in [0.1, 0.15) is 22.8 Å². The van der Waals surface area contributed by atoms with Crippen LogP contribution in [-0.2, 0) is 11.3 Å². The van der Waals surface area contributed by atoms with Crippen LogP contribution in [-0.4, -0.2) is 44.0 Å². The molecule has 6 heteroatoms. The van der Waals surface area contributed by atoms with Crippen LogP contribution in [0.4, 0.5) is 5.69 Å². The molecule has 2 N–H and O–H groups in total. The maximum absolute atomic E-state index is 12.2. The molecule has 26 heavy (non-hydrogen) atoms. The standard InChI is InChI=1S/C20H25N3O3/c1-4-26-18-11-9-17(10-12-18)22-19(24)14-23(3)13-15-5-7-16(8-6-15)20(25)21-2/h5-12H,4,13-14H2,1-3H3,(H,21,25)(H,22,24). The van der Waals surface area contributed by atoms with Crippen molar-refractivity contribution in [2.75, 3.05) is 32.6 Å². The lowest BCUT2D eigenvalue weighted by Gasteiger charge is -2.16. The molecule has 0 radical (unpaired) electrons. The Morgan fingerprint density at radius 3 is 2.27 bits per heavy atom. The van der Waals surface area contributed by atoms with Crippen molar-refractivity contribution in [1.82, 2.24) is 10.2 Å². The molecule has 0 spiro atoms. The van der Waals surface area contributed by atoms with E-state index in [4.69, 9.17) is 4.74 Å². The quantitative estimate of drug-likeness (QED) is 0.763. The lowest BCUT2D eigenvalue weighted by atomic mass is 10.1. The zero-order valence-corrected chi connectivity index (χ0v) is 15.4. The molecule has 0 aliphatic heterocycles. The number of carbonyl (C=O) groups excluding carboxylic acids is 2. The van der Waals surface area contributed by atoms with Crippen LogP contribution in [0.5, 0.6) is 5.75 Å². The fourth-order valence-corrected chi connectivity index (χ4v) is 2.52. The van der Waals surface area contributed by atoms with E-state index < -0.39 is 0 Å². The third-order valence-corrected chi connectivity index (χ3v) is 3.76. The molecule has 0 saturated heterocycles. The molecule has 0 aliphatic carbocycles. The monoisotopic (exact) mass is 355 g/mol. The molecule has 0 fully saturated rings. The lowest BCUT2D eigenvalue weighted by Crippen LogP contribution is -2.29. The summed E-state index contributed by atoms with van der Waals surface area (Å²) in [5.41, 5.74) is 2.39. The number of anilines is 1. The minimum Gasteiger partial charge on any atom is -0.494 e. The summed E-state index contributed by atoms with van der Waals surface area (Å²) in [7, 11) is 3.48. The van der Waals surface area contributed by atoms with Crippen LogP contribution < -0.4 is 15.4 Å². The Morgan fingerprint density at radius 1 is 1.04 bits per heavy atom. The summed E-state index contributed by atoms with van der Waals surface area (Å²) in [6.45, 7) is 3.42. The number of ether oxygens (including phenoxy) is 1. The molecule has 2 rings (SSSR count). The number of nitrogens with zero attached hydrogens (tertiary/aromatic N) is 1. The number of rotatable bonds is 8. The summed E-state index contributed by atoms with van der Waals surface area (Å²) in [4.78, 5) is 25.6. The van der Waals surface area contributed by atoms with Gasteiger partial charge in [-0.1, -0.05) is 12.1 Å². The van der Waals surface area contributed by atoms with Gasteiger partial charge in [0.1, 0.15) is 5.75 Å². The summed E-state index contributed by atoms with van der Waals surface area (Å²) in [6, 6.07) is 14.6. The van der Waals surface area contributed by atoms with E-state index in [0.29, 0.717) is 18.7 Å². The van der Waals surface area contributed by atoms with Crippen molar-refractivity contribution in [3.8, 4) is 5.75 Å². The van der Waals surface area contributed by atoms with Crippen LogP contribution >= 0.6 is 0 Å². The van der Waals surface area contributed by atoms with E-state index in [0.717, 1.165) is 17.0 Å². The van der Waals surface area contributed by atoms with Crippen molar-refractivity contribution >= 4 is 17.5 Å². The Labute approximate surface area is 154 Å². The summed E-state index contributed by atoms with van der Waals surface area (Å²) in [6.07, 6.45) is 0. The van der Waals surface area contributed by atoms with Crippen LogP contribution in [0.2, 0.25) is 0 Å². The van der Waals surface area contributed by atoms with Gasteiger partial charge in [0.15, 0.2) is 0 Å².